The van der Waals surface area contributed by atoms with E-state index in [1.807, 2.05) is 0 Å². The van der Waals surface area contributed by atoms with Crippen LogP contribution in [-0.2, 0) is 5.88 Å². The number of halogens is 1. The van der Waals surface area contributed by atoms with Gasteiger partial charge in [0.05, 0.1) is 0 Å². The first kappa shape index (κ1) is 13.4. The fraction of sp³-hybridized carbons (Fsp3) is 0.571. The maximum Gasteiger partial charge on any atom is 0.0474 e. The van der Waals surface area contributed by atoms with Crippen LogP contribution in [0.5, 0.6) is 0 Å². The van der Waals surface area contributed by atoms with Crippen LogP contribution >= 0.6 is 11.6 Å². The molecule has 0 spiro atoms. The van der Waals surface area contributed by atoms with E-state index in [4.69, 9.17) is 11.6 Å². The molecule has 16 heavy (non-hydrogen) atoms. The minimum atomic E-state index is 0.588. The quantitative estimate of drug-likeness (QED) is 0.691. The van der Waals surface area contributed by atoms with Crippen molar-refractivity contribution in [3.63, 3.8) is 0 Å². The highest BCUT2D eigenvalue weighted by Crippen LogP contribution is 2.24. The van der Waals surface area contributed by atoms with Gasteiger partial charge in [-0.05, 0) is 44.4 Å². The molecule has 0 aromatic heterocycles. The number of alkyl halides is 1. The molecule has 0 aliphatic rings. The van der Waals surface area contributed by atoms with Crippen molar-refractivity contribution in [3.8, 4) is 0 Å². The molecule has 1 aromatic rings. The van der Waals surface area contributed by atoms with Crippen LogP contribution in [0.25, 0.3) is 0 Å². The minimum Gasteiger partial charge on any atom is -0.369 e. The van der Waals surface area contributed by atoms with E-state index in [2.05, 4.69) is 50.8 Å². The SMILES string of the molecule is CCC(C)N(CC)c1ccc(CCl)cc1C. The van der Waals surface area contributed by atoms with Crippen molar-refractivity contribution in [3.05, 3.63) is 29.3 Å². The Morgan fingerprint density at radius 1 is 1.31 bits per heavy atom. The normalized spacial score (nSPS) is 12.6. The molecule has 0 saturated carbocycles. The monoisotopic (exact) mass is 239 g/mol. The van der Waals surface area contributed by atoms with Gasteiger partial charge in [-0.3, -0.25) is 0 Å². The van der Waals surface area contributed by atoms with Gasteiger partial charge in [0.2, 0.25) is 0 Å². The Hall–Kier alpha value is -0.690. The number of hydrogen-bond donors (Lipinski definition) is 0. The summed E-state index contributed by atoms with van der Waals surface area (Å²) in [5, 5.41) is 0. The van der Waals surface area contributed by atoms with Crippen molar-refractivity contribution in [2.24, 2.45) is 0 Å². The molecule has 0 aliphatic heterocycles. The molecule has 1 rings (SSSR count). The van der Waals surface area contributed by atoms with Crippen molar-refractivity contribution in [1.82, 2.24) is 0 Å². The average molecular weight is 240 g/mol. The third-order valence-corrected chi connectivity index (χ3v) is 3.50. The van der Waals surface area contributed by atoms with Crippen molar-refractivity contribution in [2.75, 3.05) is 11.4 Å². The fourth-order valence-electron chi connectivity index (χ4n) is 2.06. The summed E-state index contributed by atoms with van der Waals surface area (Å²) in [6.45, 7) is 9.93. The molecule has 2 heteroatoms. The zero-order valence-electron chi connectivity index (χ0n) is 10.8. The molecule has 0 saturated heterocycles. The van der Waals surface area contributed by atoms with Crippen molar-refractivity contribution >= 4 is 17.3 Å². The number of anilines is 1. The number of hydrogen-bond acceptors (Lipinski definition) is 1. The predicted molar refractivity (Wildman–Crippen MR) is 73.5 cm³/mol. The van der Waals surface area contributed by atoms with Gasteiger partial charge >= 0.3 is 0 Å². The lowest BCUT2D eigenvalue weighted by Crippen LogP contribution is -2.32. The number of nitrogens with zero attached hydrogens (tertiary/aromatic N) is 1. The highest BCUT2D eigenvalue weighted by atomic mass is 35.5. The van der Waals surface area contributed by atoms with E-state index < -0.39 is 0 Å². The Balaban J connectivity index is 3.01. The molecule has 1 nitrogen and oxygen atoms in total. The second-order valence-electron chi connectivity index (χ2n) is 4.30. The van der Waals surface area contributed by atoms with Crippen LogP contribution in [0.4, 0.5) is 5.69 Å². The number of benzene rings is 1. The predicted octanol–water partition coefficient (Wildman–Crippen LogP) is 4.36. The van der Waals surface area contributed by atoms with E-state index in [-0.39, 0.29) is 0 Å². The highest BCUT2D eigenvalue weighted by Gasteiger charge is 2.12. The summed E-state index contributed by atoms with van der Waals surface area (Å²) in [6.07, 6.45) is 1.17. The van der Waals surface area contributed by atoms with E-state index in [0.29, 0.717) is 11.9 Å². The van der Waals surface area contributed by atoms with Crippen molar-refractivity contribution in [1.29, 1.82) is 0 Å². The van der Waals surface area contributed by atoms with Gasteiger partial charge in [-0.1, -0.05) is 19.1 Å². The second-order valence-corrected chi connectivity index (χ2v) is 4.57. The first-order chi connectivity index (χ1) is 7.63. The smallest absolute Gasteiger partial charge is 0.0474 e. The highest BCUT2D eigenvalue weighted by molar-refractivity contribution is 6.17. The Kier molecular flexibility index (Phi) is 5.14. The van der Waals surface area contributed by atoms with Gasteiger partial charge in [0.25, 0.3) is 0 Å². The standard InChI is InChI=1S/C14H22ClN/c1-5-12(4)16(6-2)14-8-7-13(10-15)9-11(14)3/h7-9,12H,5-6,10H2,1-4H3. The Bertz CT molecular complexity index is 336. The number of rotatable bonds is 5. The summed E-state index contributed by atoms with van der Waals surface area (Å²) in [7, 11) is 0. The molecular formula is C14H22ClN. The van der Waals surface area contributed by atoms with E-state index in [1.54, 1.807) is 0 Å². The van der Waals surface area contributed by atoms with Crippen molar-refractivity contribution < 1.29 is 0 Å². The first-order valence-electron chi connectivity index (χ1n) is 6.06. The maximum atomic E-state index is 5.84. The van der Waals surface area contributed by atoms with Crippen LogP contribution in [0.1, 0.15) is 38.3 Å². The molecule has 1 aromatic carbocycles. The molecule has 0 heterocycles. The van der Waals surface area contributed by atoms with Crippen molar-refractivity contribution in [2.45, 2.75) is 46.0 Å². The molecular weight excluding hydrogens is 218 g/mol. The zero-order chi connectivity index (χ0) is 12.1. The molecule has 1 atom stereocenters. The van der Waals surface area contributed by atoms with Crippen LogP contribution in [-0.4, -0.2) is 12.6 Å². The second kappa shape index (κ2) is 6.15. The Morgan fingerprint density at radius 2 is 2.00 bits per heavy atom. The fourth-order valence-corrected chi connectivity index (χ4v) is 2.23. The maximum absolute atomic E-state index is 5.84. The van der Waals surface area contributed by atoms with E-state index in [1.165, 1.54) is 23.2 Å². The largest absolute Gasteiger partial charge is 0.369 e. The van der Waals surface area contributed by atoms with Crippen LogP contribution in [0.3, 0.4) is 0 Å². The lowest BCUT2D eigenvalue weighted by atomic mass is 10.1. The lowest BCUT2D eigenvalue weighted by Gasteiger charge is -2.31. The molecule has 0 amide bonds. The van der Waals surface area contributed by atoms with E-state index in [0.717, 1.165) is 6.54 Å². The third-order valence-electron chi connectivity index (χ3n) is 3.19. The Morgan fingerprint density at radius 3 is 2.44 bits per heavy atom. The topological polar surface area (TPSA) is 3.24 Å². The average Bonchev–Trinajstić information content (AvgIpc) is 2.31. The summed E-state index contributed by atoms with van der Waals surface area (Å²) in [4.78, 5) is 2.45. The van der Waals surface area contributed by atoms with E-state index in [9.17, 15) is 0 Å². The molecule has 0 N–H and O–H groups in total. The molecule has 0 aliphatic carbocycles. The van der Waals surface area contributed by atoms with Crippen LogP contribution < -0.4 is 4.90 Å². The van der Waals surface area contributed by atoms with Gasteiger partial charge < -0.3 is 4.90 Å². The molecule has 90 valence electrons. The molecule has 0 fully saturated rings. The third kappa shape index (κ3) is 2.91. The van der Waals surface area contributed by atoms with Gasteiger partial charge in [0, 0.05) is 24.2 Å². The molecule has 0 bridgehead atoms. The Labute approximate surface area is 104 Å². The lowest BCUT2D eigenvalue weighted by molar-refractivity contribution is 0.628. The minimum absolute atomic E-state index is 0.588. The molecule has 1 unspecified atom stereocenters. The summed E-state index contributed by atoms with van der Waals surface area (Å²) in [5.41, 5.74) is 3.86. The van der Waals surface area contributed by atoms with Gasteiger partial charge in [0.15, 0.2) is 0 Å². The zero-order valence-corrected chi connectivity index (χ0v) is 11.5. The number of aryl methyl sites for hydroxylation is 1. The summed E-state index contributed by atoms with van der Waals surface area (Å²) >= 11 is 5.84. The summed E-state index contributed by atoms with van der Waals surface area (Å²) in [6, 6.07) is 7.10. The van der Waals surface area contributed by atoms with Gasteiger partial charge in [-0.2, -0.15) is 0 Å². The molecule has 0 radical (unpaired) electrons. The van der Waals surface area contributed by atoms with Crippen LogP contribution in [0, 0.1) is 6.92 Å². The van der Waals surface area contributed by atoms with E-state index >= 15 is 0 Å². The van der Waals surface area contributed by atoms with Gasteiger partial charge in [0.1, 0.15) is 0 Å². The summed E-state index contributed by atoms with van der Waals surface area (Å²) in [5.74, 6) is 0.594. The summed E-state index contributed by atoms with van der Waals surface area (Å²) < 4.78 is 0. The first-order valence-corrected chi connectivity index (χ1v) is 6.59. The van der Waals surface area contributed by atoms with Crippen LogP contribution in [0.15, 0.2) is 18.2 Å². The van der Waals surface area contributed by atoms with Gasteiger partial charge in [-0.25, -0.2) is 0 Å². The van der Waals surface area contributed by atoms with Crippen LogP contribution in [0.2, 0.25) is 0 Å². The van der Waals surface area contributed by atoms with Gasteiger partial charge in [-0.15, -0.1) is 11.6 Å².